The fourth-order valence-electron chi connectivity index (χ4n) is 2.79. The number of rotatable bonds is 8. The minimum absolute atomic E-state index is 0.166. The van der Waals surface area contributed by atoms with Gasteiger partial charge in [-0.05, 0) is 34.1 Å². The van der Waals surface area contributed by atoms with Gasteiger partial charge in [0.15, 0.2) is 5.96 Å². The Balaban J connectivity index is 2.01. The molecule has 1 aliphatic heterocycles. The molecule has 0 radical (unpaired) electrons. The lowest BCUT2D eigenvalue weighted by Crippen LogP contribution is -2.39. The Morgan fingerprint density at radius 3 is 2.79 bits per heavy atom. The third-order valence-corrected chi connectivity index (χ3v) is 7.44. The van der Waals surface area contributed by atoms with E-state index < -0.39 is 10.0 Å². The van der Waals surface area contributed by atoms with Gasteiger partial charge in [-0.15, -0.1) is 11.3 Å². The van der Waals surface area contributed by atoms with Crippen molar-refractivity contribution in [3.05, 3.63) is 15.6 Å². The minimum Gasteiger partial charge on any atom is -0.462 e. The molecule has 11 heteroatoms. The molecule has 0 amide bonds. The average Bonchev–Trinajstić information content (AvgIpc) is 3.17. The van der Waals surface area contributed by atoms with Gasteiger partial charge in [0.1, 0.15) is 9.88 Å². The number of sulfonamides is 1. The van der Waals surface area contributed by atoms with Gasteiger partial charge < -0.3 is 15.4 Å². The molecule has 0 aliphatic carbocycles. The lowest BCUT2D eigenvalue weighted by atomic mass is 10.3. The number of nitrogens with one attached hydrogen (secondary N) is 2. The summed E-state index contributed by atoms with van der Waals surface area (Å²) in [5.41, 5.74) is 0.647. The van der Waals surface area contributed by atoms with Crippen LogP contribution in [0.25, 0.3) is 0 Å². The second-order valence-corrected chi connectivity index (χ2v) is 9.50. The van der Waals surface area contributed by atoms with Crippen LogP contribution in [0.2, 0.25) is 0 Å². The molecule has 9 nitrogen and oxygen atoms in total. The second-order valence-electron chi connectivity index (χ2n) is 6.38. The number of carbonyl (C=O) groups is 1. The molecule has 1 unspecified atom stereocenters. The highest BCUT2D eigenvalue weighted by atomic mass is 32.2. The van der Waals surface area contributed by atoms with Crippen molar-refractivity contribution in [1.29, 1.82) is 0 Å². The van der Waals surface area contributed by atoms with Gasteiger partial charge in [0.25, 0.3) is 0 Å². The number of guanidine groups is 1. The van der Waals surface area contributed by atoms with Crippen LogP contribution < -0.4 is 10.6 Å². The number of thiazole rings is 1. The van der Waals surface area contributed by atoms with E-state index in [1.54, 1.807) is 13.8 Å². The normalized spacial score (nSPS) is 18.1. The Morgan fingerprint density at radius 2 is 2.18 bits per heavy atom. The van der Waals surface area contributed by atoms with Crippen molar-refractivity contribution in [2.75, 3.05) is 38.5 Å². The minimum atomic E-state index is -3.11. The lowest BCUT2D eigenvalue weighted by molar-refractivity contribution is 0.0531. The Morgan fingerprint density at radius 1 is 1.43 bits per heavy atom. The van der Waals surface area contributed by atoms with Crippen LogP contribution in [0.5, 0.6) is 0 Å². The highest BCUT2D eigenvalue weighted by Crippen LogP contribution is 2.24. The van der Waals surface area contributed by atoms with Crippen LogP contribution in [0.3, 0.4) is 0 Å². The molecule has 0 bridgehead atoms. The van der Waals surface area contributed by atoms with E-state index in [0.29, 0.717) is 55.7 Å². The van der Waals surface area contributed by atoms with E-state index in [4.69, 9.17) is 4.74 Å². The molecule has 2 N–H and O–H groups in total. The van der Waals surface area contributed by atoms with Gasteiger partial charge in [0, 0.05) is 19.6 Å². The zero-order valence-electron chi connectivity index (χ0n) is 16.8. The summed E-state index contributed by atoms with van der Waals surface area (Å²) in [5, 5.41) is 7.17. The number of ether oxygens (including phenoxy) is 1. The first kappa shape index (κ1) is 22.6. The van der Waals surface area contributed by atoms with Crippen molar-refractivity contribution in [3.63, 3.8) is 0 Å². The van der Waals surface area contributed by atoms with Crippen LogP contribution >= 0.6 is 11.3 Å². The van der Waals surface area contributed by atoms with Crippen molar-refractivity contribution in [2.45, 2.75) is 40.2 Å². The van der Waals surface area contributed by atoms with Crippen molar-refractivity contribution < 1.29 is 17.9 Å². The molecule has 1 aromatic heterocycles. The molecule has 0 spiro atoms. The second kappa shape index (κ2) is 10.2. The van der Waals surface area contributed by atoms with E-state index in [0.717, 1.165) is 5.01 Å². The smallest absolute Gasteiger partial charge is 0.350 e. The first-order valence-corrected chi connectivity index (χ1v) is 11.9. The quantitative estimate of drug-likeness (QED) is 0.362. The maximum Gasteiger partial charge on any atom is 0.350 e. The van der Waals surface area contributed by atoms with Gasteiger partial charge in [0.2, 0.25) is 10.0 Å². The molecular weight excluding hydrogens is 402 g/mol. The molecular formula is C17H29N5O4S2. The summed E-state index contributed by atoms with van der Waals surface area (Å²) in [6.07, 6.45) is 0.674. The maximum atomic E-state index is 12.0. The van der Waals surface area contributed by atoms with Crippen molar-refractivity contribution in [1.82, 2.24) is 19.9 Å². The van der Waals surface area contributed by atoms with Crippen LogP contribution in [0, 0.1) is 6.92 Å². The summed E-state index contributed by atoms with van der Waals surface area (Å²) in [7, 11) is -3.11. The van der Waals surface area contributed by atoms with Crippen molar-refractivity contribution >= 4 is 33.3 Å². The number of aryl methyl sites for hydroxylation is 1. The molecule has 1 atom stereocenters. The average molecular weight is 432 g/mol. The van der Waals surface area contributed by atoms with Crippen LogP contribution in [0.15, 0.2) is 4.99 Å². The third kappa shape index (κ3) is 5.89. The number of aliphatic imine (C=N–C) groups is 1. The molecule has 1 aliphatic rings. The first-order valence-electron chi connectivity index (χ1n) is 9.45. The summed E-state index contributed by atoms with van der Waals surface area (Å²) in [4.78, 5) is 21.4. The van der Waals surface area contributed by atoms with Gasteiger partial charge >= 0.3 is 5.97 Å². The van der Waals surface area contributed by atoms with E-state index in [9.17, 15) is 13.2 Å². The predicted octanol–water partition coefficient (Wildman–Crippen LogP) is 1.28. The van der Waals surface area contributed by atoms with Crippen molar-refractivity contribution in [3.8, 4) is 0 Å². The number of carbonyl (C=O) groups excluding carboxylic acids is 1. The van der Waals surface area contributed by atoms with Gasteiger partial charge in [-0.3, -0.25) is 4.99 Å². The van der Waals surface area contributed by atoms with Gasteiger partial charge in [-0.25, -0.2) is 22.5 Å². The number of nitrogens with zero attached hydrogens (tertiary/aromatic N) is 3. The van der Waals surface area contributed by atoms with E-state index in [1.165, 1.54) is 15.6 Å². The fraction of sp³-hybridized carbons (Fsp3) is 0.706. The zero-order chi connectivity index (χ0) is 20.7. The maximum absolute atomic E-state index is 12.0. The molecule has 158 valence electrons. The van der Waals surface area contributed by atoms with Crippen LogP contribution in [-0.2, 0) is 14.8 Å². The topological polar surface area (TPSA) is 113 Å². The Bertz CT molecular complexity index is 806. The lowest BCUT2D eigenvalue weighted by Gasteiger charge is -2.17. The third-order valence-electron chi connectivity index (χ3n) is 4.16. The largest absolute Gasteiger partial charge is 0.462 e. The Kier molecular flexibility index (Phi) is 8.20. The monoisotopic (exact) mass is 431 g/mol. The van der Waals surface area contributed by atoms with E-state index in [2.05, 4.69) is 20.6 Å². The number of hydrogen-bond donors (Lipinski definition) is 2. The van der Waals surface area contributed by atoms with Gasteiger partial charge in [-0.2, -0.15) is 0 Å². The number of hydrogen-bond acceptors (Lipinski definition) is 7. The number of aromatic nitrogens is 1. The zero-order valence-corrected chi connectivity index (χ0v) is 18.5. The molecule has 0 aromatic carbocycles. The molecule has 1 fully saturated rings. The molecule has 1 aromatic rings. The SMILES string of the molecule is CCNC(=NCCN1CCCS1(=O)=O)NC(C)c1nc(C)c(C(=O)OCC)s1. The van der Waals surface area contributed by atoms with Crippen molar-refractivity contribution in [2.24, 2.45) is 4.99 Å². The van der Waals surface area contributed by atoms with Crippen LogP contribution in [0.1, 0.15) is 53.6 Å². The molecule has 2 rings (SSSR count). The standard InChI is InChI=1S/C17H29N5O4S2/c1-5-18-17(19-8-10-22-9-7-11-28(22,24)25)21-13(4)15-20-12(3)14(27-15)16(23)26-6-2/h13H,5-11H2,1-4H3,(H2,18,19,21). The Hall–Kier alpha value is -1.72. The van der Waals surface area contributed by atoms with E-state index >= 15 is 0 Å². The fourth-order valence-corrected chi connectivity index (χ4v) is 5.27. The highest BCUT2D eigenvalue weighted by molar-refractivity contribution is 7.89. The first-order chi connectivity index (χ1) is 13.3. The van der Waals surface area contributed by atoms with Crippen LogP contribution in [0.4, 0.5) is 0 Å². The molecule has 0 saturated carbocycles. The summed E-state index contributed by atoms with van der Waals surface area (Å²) in [6, 6.07) is -0.166. The van der Waals surface area contributed by atoms with E-state index in [1.807, 2.05) is 13.8 Å². The predicted molar refractivity (Wildman–Crippen MR) is 110 cm³/mol. The van der Waals surface area contributed by atoms with Gasteiger partial charge in [0.05, 0.1) is 30.6 Å². The molecule has 28 heavy (non-hydrogen) atoms. The molecule has 1 saturated heterocycles. The number of esters is 1. The summed E-state index contributed by atoms with van der Waals surface area (Å²) < 4.78 is 30.3. The summed E-state index contributed by atoms with van der Waals surface area (Å²) in [5.74, 6) is 0.443. The van der Waals surface area contributed by atoms with Crippen LogP contribution in [-0.4, -0.2) is 68.2 Å². The highest BCUT2D eigenvalue weighted by Gasteiger charge is 2.27. The summed E-state index contributed by atoms with van der Waals surface area (Å²) >= 11 is 1.30. The Labute approximate surface area is 170 Å². The summed E-state index contributed by atoms with van der Waals surface area (Å²) in [6.45, 7) is 9.75. The molecule has 2 heterocycles. The van der Waals surface area contributed by atoms with Gasteiger partial charge in [-0.1, -0.05) is 0 Å². The van der Waals surface area contributed by atoms with E-state index in [-0.39, 0.29) is 17.8 Å².